The average molecular weight is 359 g/mol. The Hall–Kier alpha value is -2.51. The average Bonchev–Trinajstić information content (AvgIpc) is 3.24. The van der Waals surface area contributed by atoms with Crippen LogP contribution in [0.25, 0.3) is 10.4 Å². The SMILES string of the molecule is COc1ccc(-c2sc(C(=O)c3cscn3)cc2CC(=O)O)cc1. The van der Waals surface area contributed by atoms with E-state index < -0.39 is 5.97 Å². The number of hydrogen-bond acceptors (Lipinski definition) is 6. The number of hydrogen-bond donors (Lipinski definition) is 1. The summed E-state index contributed by atoms with van der Waals surface area (Å²) in [6.07, 6.45) is -0.137. The van der Waals surface area contributed by atoms with Crippen LogP contribution in [0.15, 0.2) is 41.2 Å². The highest BCUT2D eigenvalue weighted by atomic mass is 32.1. The second-order valence-electron chi connectivity index (χ2n) is 4.97. The van der Waals surface area contributed by atoms with Crippen LogP contribution in [0.3, 0.4) is 0 Å². The number of aromatic nitrogens is 1. The zero-order valence-corrected chi connectivity index (χ0v) is 14.3. The summed E-state index contributed by atoms with van der Waals surface area (Å²) in [4.78, 5) is 28.9. The van der Waals surface area contributed by atoms with Crippen LogP contribution in [0.5, 0.6) is 5.75 Å². The number of carboxylic acid groups (broad SMARTS) is 1. The number of carboxylic acids is 1. The summed E-state index contributed by atoms with van der Waals surface area (Å²) < 4.78 is 5.14. The number of carbonyl (C=O) groups is 2. The smallest absolute Gasteiger partial charge is 0.307 e. The van der Waals surface area contributed by atoms with Crippen molar-refractivity contribution in [1.82, 2.24) is 4.98 Å². The molecule has 7 heteroatoms. The highest BCUT2D eigenvalue weighted by molar-refractivity contribution is 7.17. The zero-order valence-electron chi connectivity index (χ0n) is 12.7. The molecule has 1 aromatic carbocycles. The van der Waals surface area contributed by atoms with Crippen molar-refractivity contribution in [1.29, 1.82) is 0 Å². The molecule has 0 aliphatic carbocycles. The number of benzene rings is 1. The Balaban J connectivity index is 2.02. The third-order valence-electron chi connectivity index (χ3n) is 3.39. The summed E-state index contributed by atoms with van der Waals surface area (Å²) in [7, 11) is 1.58. The molecule has 0 unspecified atom stereocenters. The fourth-order valence-corrected chi connectivity index (χ4v) is 3.94. The van der Waals surface area contributed by atoms with Crippen LogP contribution in [-0.2, 0) is 11.2 Å². The maximum absolute atomic E-state index is 12.5. The van der Waals surface area contributed by atoms with Crippen LogP contribution < -0.4 is 4.74 Å². The van der Waals surface area contributed by atoms with E-state index in [9.17, 15) is 9.59 Å². The molecule has 0 amide bonds. The topological polar surface area (TPSA) is 76.5 Å². The molecular weight excluding hydrogens is 346 g/mol. The fourth-order valence-electron chi connectivity index (χ4n) is 2.27. The molecule has 5 nitrogen and oxygen atoms in total. The minimum atomic E-state index is -0.935. The fraction of sp³-hybridized carbons (Fsp3) is 0.118. The summed E-state index contributed by atoms with van der Waals surface area (Å²) in [5.41, 5.74) is 3.46. The Kier molecular flexibility index (Phi) is 4.73. The summed E-state index contributed by atoms with van der Waals surface area (Å²) in [5.74, 6) is -0.406. The molecule has 0 atom stereocenters. The van der Waals surface area contributed by atoms with Crippen molar-refractivity contribution in [3.05, 3.63) is 57.4 Å². The molecule has 0 saturated carbocycles. The maximum Gasteiger partial charge on any atom is 0.307 e. The lowest BCUT2D eigenvalue weighted by molar-refractivity contribution is -0.136. The van der Waals surface area contributed by atoms with Gasteiger partial charge in [0.25, 0.3) is 0 Å². The molecule has 2 heterocycles. The van der Waals surface area contributed by atoms with Crippen molar-refractivity contribution in [3.8, 4) is 16.2 Å². The molecule has 0 saturated heterocycles. The molecule has 0 spiro atoms. The standard InChI is InChI=1S/C17H13NO4S2/c1-22-12-4-2-10(3-5-12)17-11(7-15(19)20)6-14(24-17)16(21)13-8-23-9-18-13/h2-6,8-9H,7H2,1H3,(H,19,20). The first-order valence-electron chi connectivity index (χ1n) is 7.00. The van der Waals surface area contributed by atoms with Crippen LogP contribution in [0.2, 0.25) is 0 Å². The third kappa shape index (κ3) is 3.37. The molecule has 0 aliphatic rings. The number of ether oxygens (including phenoxy) is 1. The number of ketones is 1. The van der Waals surface area contributed by atoms with E-state index in [2.05, 4.69) is 4.98 Å². The summed E-state index contributed by atoms with van der Waals surface area (Å²) in [6.45, 7) is 0. The first kappa shape index (κ1) is 16.4. The summed E-state index contributed by atoms with van der Waals surface area (Å²) in [5, 5.41) is 10.8. The van der Waals surface area contributed by atoms with Gasteiger partial charge in [-0.2, -0.15) is 0 Å². The van der Waals surface area contributed by atoms with E-state index in [-0.39, 0.29) is 12.2 Å². The van der Waals surface area contributed by atoms with Gasteiger partial charge in [0.15, 0.2) is 0 Å². The Morgan fingerprint density at radius 1 is 1.25 bits per heavy atom. The van der Waals surface area contributed by atoms with E-state index in [0.29, 0.717) is 21.9 Å². The molecule has 3 rings (SSSR count). The predicted molar refractivity (Wildman–Crippen MR) is 93.2 cm³/mol. The largest absolute Gasteiger partial charge is 0.497 e. The highest BCUT2D eigenvalue weighted by Crippen LogP contribution is 2.35. The van der Waals surface area contributed by atoms with E-state index in [1.165, 1.54) is 22.7 Å². The molecule has 0 aliphatic heterocycles. The van der Waals surface area contributed by atoms with Gasteiger partial charge in [-0.3, -0.25) is 9.59 Å². The number of nitrogens with zero attached hydrogens (tertiary/aromatic N) is 1. The van der Waals surface area contributed by atoms with E-state index in [0.717, 1.165) is 10.4 Å². The van der Waals surface area contributed by atoms with Crippen molar-refractivity contribution in [2.24, 2.45) is 0 Å². The molecule has 0 bridgehead atoms. The zero-order chi connectivity index (χ0) is 17.1. The number of rotatable bonds is 6. The van der Waals surface area contributed by atoms with Gasteiger partial charge in [-0.1, -0.05) is 0 Å². The monoisotopic (exact) mass is 359 g/mol. The molecule has 2 aromatic heterocycles. The molecule has 1 N–H and O–H groups in total. The van der Waals surface area contributed by atoms with Gasteiger partial charge >= 0.3 is 5.97 Å². The van der Waals surface area contributed by atoms with Crippen molar-refractivity contribution in [2.45, 2.75) is 6.42 Å². The van der Waals surface area contributed by atoms with E-state index in [1.54, 1.807) is 24.1 Å². The van der Waals surface area contributed by atoms with Gasteiger partial charge in [-0.25, -0.2) is 4.98 Å². The van der Waals surface area contributed by atoms with Crippen LogP contribution in [0.1, 0.15) is 20.9 Å². The van der Waals surface area contributed by atoms with Gasteiger partial charge in [0.2, 0.25) is 5.78 Å². The van der Waals surface area contributed by atoms with E-state index in [4.69, 9.17) is 9.84 Å². The number of methoxy groups -OCH3 is 1. The lowest BCUT2D eigenvalue weighted by Gasteiger charge is -2.03. The summed E-state index contributed by atoms with van der Waals surface area (Å²) >= 11 is 2.63. The van der Waals surface area contributed by atoms with E-state index >= 15 is 0 Å². The minimum Gasteiger partial charge on any atom is -0.497 e. The van der Waals surface area contributed by atoms with E-state index in [1.807, 2.05) is 24.3 Å². The summed E-state index contributed by atoms with van der Waals surface area (Å²) in [6, 6.07) is 8.98. The lowest BCUT2D eigenvalue weighted by Crippen LogP contribution is -2.01. The number of thiophene rings is 1. The van der Waals surface area contributed by atoms with Crippen molar-refractivity contribution >= 4 is 34.4 Å². The lowest BCUT2D eigenvalue weighted by atomic mass is 10.1. The van der Waals surface area contributed by atoms with Crippen LogP contribution in [-0.4, -0.2) is 29.0 Å². The van der Waals surface area contributed by atoms with Gasteiger partial charge in [0.05, 0.1) is 23.9 Å². The first-order valence-corrected chi connectivity index (χ1v) is 8.76. The molecule has 3 aromatic rings. The normalized spacial score (nSPS) is 10.5. The number of aliphatic carboxylic acids is 1. The Morgan fingerprint density at radius 3 is 2.58 bits per heavy atom. The van der Waals surface area contributed by atoms with Crippen molar-refractivity contribution in [3.63, 3.8) is 0 Å². The number of carbonyl (C=O) groups excluding carboxylic acids is 1. The Morgan fingerprint density at radius 2 is 2.00 bits per heavy atom. The third-order valence-corrected chi connectivity index (χ3v) is 5.20. The van der Waals surface area contributed by atoms with Gasteiger partial charge < -0.3 is 9.84 Å². The molecule has 0 fully saturated rings. The van der Waals surface area contributed by atoms with Gasteiger partial charge in [-0.05, 0) is 41.5 Å². The van der Waals surface area contributed by atoms with Crippen molar-refractivity contribution < 1.29 is 19.4 Å². The maximum atomic E-state index is 12.5. The van der Waals surface area contributed by atoms with Crippen molar-refractivity contribution in [2.75, 3.05) is 7.11 Å². The van der Waals surface area contributed by atoms with Crippen LogP contribution in [0.4, 0.5) is 0 Å². The molecule has 0 radical (unpaired) electrons. The second-order valence-corrected chi connectivity index (χ2v) is 6.74. The van der Waals surface area contributed by atoms with Crippen LogP contribution >= 0.6 is 22.7 Å². The number of thiazole rings is 1. The quantitative estimate of drug-likeness (QED) is 0.679. The second kappa shape index (κ2) is 6.94. The predicted octanol–water partition coefficient (Wildman–Crippen LogP) is 3.74. The molecule has 122 valence electrons. The van der Waals surface area contributed by atoms with Gasteiger partial charge in [-0.15, -0.1) is 22.7 Å². The van der Waals surface area contributed by atoms with Gasteiger partial charge in [0, 0.05) is 10.3 Å². The van der Waals surface area contributed by atoms with Gasteiger partial charge in [0.1, 0.15) is 11.4 Å². The minimum absolute atomic E-state index is 0.137. The van der Waals surface area contributed by atoms with Crippen LogP contribution in [0, 0.1) is 0 Å². The Bertz CT molecular complexity index is 867. The highest BCUT2D eigenvalue weighted by Gasteiger charge is 2.20. The first-order chi connectivity index (χ1) is 11.6. The Labute approximate surface area is 146 Å². The molecular formula is C17H13NO4S2. The molecule has 24 heavy (non-hydrogen) atoms.